The summed E-state index contributed by atoms with van der Waals surface area (Å²) in [7, 11) is 2.91. The minimum atomic E-state index is -0.735. The monoisotopic (exact) mass is 209 g/mol. The highest BCUT2D eigenvalue weighted by molar-refractivity contribution is 5.77. The predicted molar refractivity (Wildman–Crippen MR) is 56.7 cm³/mol. The zero-order valence-electron chi connectivity index (χ0n) is 9.11. The fraction of sp³-hybridized carbons (Fsp3) is 0.364. The molecule has 0 aliphatic rings. The van der Waals surface area contributed by atoms with E-state index in [4.69, 9.17) is 10.5 Å². The van der Waals surface area contributed by atoms with Crippen molar-refractivity contribution >= 4 is 5.97 Å². The molecule has 1 rings (SSSR count). The second kappa shape index (κ2) is 4.79. The molecule has 1 aromatic rings. The lowest BCUT2D eigenvalue weighted by molar-refractivity contribution is -0.142. The highest BCUT2D eigenvalue weighted by Gasteiger charge is 2.18. The highest BCUT2D eigenvalue weighted by atomic mass is 16.5. The number of hydrogen-bond acceptors (Lipinski definition) is 4. The van der Waals surface area contributed by atoms with Crippen molar-refractivity contribution in [2.75, 3.05) is 14.2 Å². The van der Waals surface area contributed by atoms with Gasteiger partial charge in [0.15, 0.2) is 0 Å². The van der Waals surface area contributed by atoms with E-state index in [-0.39, 0.29) is 0 Å². The van der Waals surface area contributed by atoms with Crippen LogP contribution in [0.4, 0.5) is 0 Å². The zero-order chi connectivity index (χ0) is 11.4. The minimum Gasteiger partial charge on any atom is -0.497 e. The van der Waals surface area contributed by atoms with E-state index < -0.39 is 12.0 Å². The first-order valence-electron chi connectivity index (χ1n) is 4.58. The normalized spacial score (nSPS) is 12.0. The third kappa shape index (κ3) is 2.47. The summed E-state index contributed by atoms with van der Waals surface area (Å²) in [5, 5.41) is 0. The summed E-state index contributed by atoms with van der Waals surface area (Å²) in [5.41, 5.74) is 7.39. The molecule has 1 aromatic carbocycles. The van der Waals surface area contributed by atoms with Crippen LogP contribution in [0.3, 0.4) is 0 Å². The Morgan fingerprint density at radius 3 is 2.53 bits per heavy atom. The molecule has 0 spiro atoms. The number of carbonyl (C=O) groups is 1. The second-order valence-corrected chi connectivity index (χ2v) is 3.22. The topological polar surface area (TPSA) is 61.5 Å². The number of esters is 1. The molecule has 0 radical (unpaired) electrons. The lowest BCUT2D eigenvalue weighted by Crippen LogP contribution is -2.23. The van der Waals surface area contributed by atoms with Crippen molar-refractivity contribution in [2.45, 2.75) is 13.0 Å². The van der Waals surface area contributed by atoms with Crippen LogP contribution in [0.2, 0.25) is 0 Å². The standard InChI is InChI=1S/C11H15NO3/c1-7-6-8(14-2)4-5-9(7)10(12)11(13)15-3/h4-6,10H,12H2,1-3H3. The van der Waals surface area contributed by atoms with Gasteiger partial charge < -0.3 is 15.2 Å². The quantitative estimate of drug-likeness (QED) is 0.759. The van der Waals surface area contributed by atoms with Gasteiger partial charge in [-0.2, -0.15) is 0 Å². The Morgan fingerprint density at radius 2 is 2.07 bits per heavy atom. The molecule has 0 aromatic heterocycles. The maximum atomic E-state index is 11.2. The molecule has 1 unspecified atom stereocenters. The molecule has 0 heterocycles. The molecule has 4 heteroatoms. The maximum absolute atomic E-state index is 11.2. The van der Waals surface area contributed by atoms with Gasteiger partial charge in [-0.25, -0.2) is 0 Å². The highest BCUT2D eigenvalue weighted by Crippen LogP contribution is 2.21. The van der Waals surface area contributed by atoms with Gasteiger partial charge >= 0.3 is 5.97 Å². The minimum absolute atomic E-state index is 0.441. The van der Waals surface area contributed by atoms with Gasteiger partial charge in [0.05, 0.1) is 14.2 Å². The number of hydrogen-bond donors (Lipinski definition) is 1. The number of nitrogens with two attached hydrogens (primary N) is 1. The average Bonchev–Trinajstić information content (AvgIpc) is 2.26. The van der Waals surface area contributed by atoms with Crippen LogP contribution in [0.15, 0.2) is 18.2 Å². The first-order chi connectivity index (χ1) is 7.10. The van der Waals surface area contributed by atoms with Crippen molar-refractivity contribution in [3.05, 3.63) is 29.3 Å². The Balaban J connectivity index is 3.00. The smallest absolute Gasteiger partial charge is 0.327 e. The third-order valence-electron chi connectivity index (χ3n) is 2.27. The average molecular weight is 209 g/mol. The van der Waals surface area contributed by atoms with Crippen LogP contribution >= 0.6 is 0 Å². The fourth-order valence-corrected chi connectivity index (χ4v) is 1.38. The Hall–Kier alpha value is -1.55. The molecule has 0 saturated heterocycles. The SMILES string of the molecule is COC(=O)C(N)c1ccc(OC)cc1C. The Bertz CT molecular complexity index is 363. The lowest BCUT2D eigenvalue weighted by atomic mass is 10.0. The van der Waals surface area contributed by atoms with E-state index in [1.165, 1.54) is 7.11 Å². The number of carbonyl (C=O) groups excluding carboxylic acids is 1. The number of benzene rings is 1. The molecule has 4 nitrogen and oxygen atoms in total. The molecular weight excluding hydrogens is 194 g/mol. The predicted octanol–water partition coefficient (Wildman–Crippen LogP) is 1.18. The third-order valence-corrected chi connectivity index (χ3v) is 2.27. The summed E-state index contributed by atoms with van der Waals surface area (Å²) in [6.07, 6.45) is 0. The van der Waals surface area contributed by atoms with E-state index in [0.717, 1.165) is 16.9 Å². The first kappa shape index (κ1) is 11.5. The van der Waals surface area contributed by atoms with Gasteiger partial charge in [-0.3, -0.25) is 4.79 Å². The number of aryl methyl sites for hydroxylation is 1. The molecular formula is C11H15NO3. The molecule has 1 atom stereocenters. The van der Waals surface area contributed by atoms with Crippen LogP contribution in [-0.4, -0.2) is 20.2 Å². The molecule has 0 bridgehead atoms. The molecule has 0 amide bonds. The van der Waals surface area contributed by atoms with E-state index in [1.807, 2.05) is 13.0 Å². The molecule has 0 aliphatic carbocycles. The van der Waals surface area contributed by atoms with Crippen LogP contribution in [0.25, 0.3) is 0 Å². The largest absolute Gasteiger partial charge is 0.497 e. The van der Waals surface area contributed by atoms with Crippen molar-refractivity contribution in [1.82, 2.24) is 0 Å². The second-order valence-electron chi connectivity index (χ2n) is 3.22. The van der Waals surface area contributed by atoms with Crippen LogP contribution in [0.1, 0.15) is 17.2 Å². The van der Waals surface area contributed by atoms with Crippen LogP contribution in [-0.2, 0) is 9.53 Å². The Labute approximate surface area is 89.0 Å². The molecule has 0 fully saturated rings. The summed E-state index contributed by atoms with van der Waals surface area (Å²) in [6.45, 7) is 1.88. The van der Waals surface area contributed by atoms with Gasteiger partial charge in [-0.1, -0.05) is 6.07 Å². The molecule has 0 aliphatic heterocycles. The number of ether oxygens (including phenoxy) is 2. The van der Waals surface area contributed by atoms with Gasteiger partial charge in [-0.05, 0) is 30.2 Å². The van der Waals surface area contributed by atoms with E-state index in [0.29, 0.717) is 0 Å². The van der Waals surface area contributed by atoms with E-state index in [2.05, 4.69) is 4.74 Å². The summed E-state index contributed by atoms with van der Waals surface area (Å²) in [6, 6.07) is 4.64. The van der Waals surface area contributed by atoms with Gasteiger partial charge in [0.25, 0.3) is 0 Å². The summed E-state index contributed by atoms with van der Waals surface area (Å²) in [5.74, 6) is 0.302. The van der Waals surface area contributed by atoms with Gasteiger partial charge in [-0.15, -0.1) is 0 Å². The van der Waals surface area contributed by atoms with Gasteiger partial charge in [0.1, 0.15) is 11.8 Å². The van der Waals surface area contributed by atoms with E-state index >= 15 is 0 Å². The molecule has 0 saturated carbocycles. The van der Waals surface area contributed by atoms with E-state index in [1.54, 1.807) is 19.2 Å². The Morgan fingerprint density at radius 1 is 1.40 bits per heavy atom. The summed E-state index contributed by atoms with van der Waals surface area (Å²) in [4.78, 5) is 11.2. The molecule has 15 heavy (non-hydrogen) atoms. The fourth-order valence-electron chi connectivity index (χ4n) is 1.38. The Kier molecular flexibility index (Phi) is 3.68. The van der Waals surface area contributed by atoms with Crippen molar-refractivity contribution in [2.24, 2.45) is 5.73 Å². The number of rotatable bonds is 3. The van der Waals surface area contributed by atoms with Crippen molar-refractivity contribution in [3.63, 3.8) is 0 Å². The first-order valence-corrected chi connectivity index (χ1v) is 4.58. The van der Waals surface area contributed by atoms with Crippen molar-refractivity contribution in [1.29, 1.82) is 0 Å². The van der Waals surface area contributed by atoms with Gasteiger partial charge in [0.2, 0.25) is 0 Å². The van der Waals surface area contributed by atoms with Crippen molar-refractivity contribution < 1.29 is 14.3 Å². The van der Waals surface area contributed by atoms with Crippen molar-refractivity contribution in [3.8, 4) is 5.75 Å². The summed E-state index contributed by atoms with van der Waals surface area (Å²) >= 11 is 0. The molecule has 2 N–H and O–H groups in total. The number of methoxy groups -OCH3 is 2. The van der Waals surface area contributed by atoms with Gasteiger partial charge in [0, 0.05) is 0 Å². The molecule has 82 valence electrons. The zero-order valence-corrected chi connectivity index (χ0v) is 9.11. The van der Waals surface area contributed by atoms with E-state index in [9.17, 15) is 4.79 Å². The van der Waals surface area contributed by atoms with Crippen LogP contribution < -0.4 is 10.5 Å². The maximum Gasteiger partial charge on any atom is 0.327 e. The lowest BCUT2D eigenvalue weighted by Gasteiger charge is -2.13. The van der Waals surface area contributed by atoms with Crippen LogP contribution in [0.5, 0.6) is 5.75 Å². The van der Waals surface area contributed by atoms with Crippen LogP contribution in [0, 0.1) is 6.92 Å². The summed E-state index contributed by atoms with van der Waals surface area (Å²) < 4.78 is 9.64.